The zero-order valence-electron chi connectivity index (χ0n) is 15.9. The Kier molecular flexibility index (Phi) is 5.55. The van der Waals surface area contributed by atoms with Crippen molar-refractivity contribution in [1.29, 1.82) is 0 Å². The molecule has 0 aliphatic heterocycles. The number of aromatic nitrogens is 3. The summed E-state index contributed by atoms with van der Waals surface area (Å²) in [5, 5.41) is 9.32. The molecule has 158 valence electrons. The zero-order valence-corrected chi connectivity index (χ0v) is 17.5. The summed E-state index contributed by atoms with van der Waals surface area (Å²) in [5.41, 5.74) is 0.133. The van der Waals surface area contributed by atoms with Gasteiger partial charge in [0, 0.05) is 21.7 Å². The second kappa shape index (κ2) is 8.16. The quantitative estimate of drug-likeness (QED) is 0.391. The molecule has 0 saturated carbocycles. The smallest absolute Gasteiger partial charge is 0.322 e. The molecule has 4 rings (SSSR count). The highest BCUT2D eigenvalue weighted by Crippen LogP contribution is 2.34. The number of benzene rings is 2. The van der Waals surface area contributed by atoms with Crippen LogP contribution in [0.1, 0.15) is 21.1 Å². The van der Waals surface area contributed by atoms with Crippen LogP contribution in [-0.4, -0.2) is 20.7 Å². The topological polar surface area (TPSA) is 59.8 Å². The lowest BCUT2D eigenvalue weighted by molar-refractivity contribution is -0.143. The van der Waals surface area contributed by atoms with Crippen molar-refractivity contribution >= 4 is 34.5 Å². The van der Waals surface area contributed by atoms with Crippen molar-refractivity contribution in [2.45, 2.75) is 13.1 Å². The monoisotopic (exact) mass is 462 g/mol. The number of nitrogens with zero attached hydrogens (tertiary/aromatic N) is 3. The number of rotatable bonds is 4. The van der Waals surface area contributed by atoms with Crippen LogP contribution >= 0.6 is 22.9 Å². The first-order valence-electron chi connectivity index (χ1n) is 8.97. The summed E-state index contributed by atoms with van der Waals surface area (Å²) >= 11 is 7.38. The lowest BCUT2D eigenvalue weighted by Gasteiger charge is -2.13. The van der Waals surface area contributed by atoms with Gasteiger partial charge in [-0.15, -0.1) is 11.3 Å². The standard InChI is InChI=1S/C21H14ClF3N4OS/c1-12-27-18(11-31-12)13-4-2-6-15(8-13)28-20(30)17-10-26-29(19(17)21(23,24)25)16-7-3-5-14(22)9-16/h2-11H,1H3,(H,28,30). The van der Waals surface area contributed by atoms with E-state index in [9.17, 15) is 18.0 Å². The molecule has 0 saturated heterocycles. The van der Waals surface area contributed by atoms with E-state index in [4.69, 9.17) is 11.6 Å². The van der Waals surface area contributed by atoms with Gasteiger partial charge in [-0.05, 0) is 37.3 Å². The predicted octanol–water partition coefficient (Wildman–Crippen LogP) is 6.23. The van der Waals surface area contributed by atoms with E-state index in [0.29, 0.717) is 10.4 Å². The van der Waals surface area contributed by atoms with Crippen LogP contribution in [0.25, 0.3) is 16.9 Å². The van der Waals surface area contributed by atoms with Crippen LogP contribution in [0.3, 0.4) is 0 Å². The molecular formula is C21H14ClF3N4OS. The largest absolute Gasteiger partial charge is 0.434 e. The molecule has 2 aromatic carbocycles. The number of anilines is 1. The van der Waals surface area contributed by atoms with Gasteiger partial charge in [-0.3, -0.25) is 4.79 Å². The summed E-state index contributed by atoms with van der Waals surface area (Å²) in [5.74, 6) is -0.924. The lowest BCUT2D eigenvalue weighted by atomic mass is 10.1. The number of carbonyl (C=O) groups excluding carboxylic acids is 1. The summed E-state index contributed by atoms with van der Waals surface area (Å²) in [6, 6.07) is 12.6. The normalized spacial score (nSPS) is 11.5. The molecule has 0 radical (unpaired) electrons. The Morgan fingerprint density at radius 3 is 2.61 bits per heavy atom. The van der Waals surface area contributed by atoms with Crippen LogP contribution in [0.5, 0.6) is 0 Å². The molecule has 31 heavy (non-hydrogen) atoms. The molecule has 4 aromatic rings. The number of thiazole rings is 1. The van der Waals surface area contributed by atoms with Gasteiger partial charge in [-0.1, -0.05) is 29.8 Å². The number of amides is 1. The molecule has 0 spiro atoms. The van der Waals surface area contributed by atoms with E-state index < -0.39 is 23.3 Å². The van der Waals surface area contributed by atoms with Crippen molar-refractivity contribution in [1.82, 2.24) is 14.8 Å². The van der Waals surface area contributed by atoms with E-state index >= 15 is 0 Å². The molecule has 10 heteroatoms. The van der Waals surface area contributed by atoms with Crippen LogP contribution in [0.2, 0.25) is 5.02 Å². The van der Waals surface area contributed by atoms with Gasteiger partial charge in [0.05, 0.1) is 28.1 Å². The van der Waals surface area contributed by atoms with Gasteiger partial charge in [0.15, 0.2) is 5.69 Å². The maximum absolute atomic E-state index is 13.8. The van der Waals surface area contributed by atoms with Crippen LogP contribution in [0.4, 0.5) is 18.9 Å². The third kappa shape index (κ3) is 4.47. The van der Waals surface area contributed by atoms with Gasteiger partial charge in [0.25, 0.3) is 5.91 Å². The van der Waals surface area contributed by atoms with Crippen molar-refractivity contribution < 1.29 is 18.0 Å². The van der Waals surface area contributed by atoms with Crippen LogP contribution in [0.15, 0.2) is 60.1 Å². The molecule has 0 unspecified atom stereocenters. The average molecular weight is 463 g/mol. The third-order valence-corrected chi connectivity index (χ3v) is 5.38. The average Bonchev–Trinajstić information content (AvgIpc) is 3.35. The second-order valence-electron chi connectivity index (χ2n) is 6.58. The first-order chi connectivity index (χ1) is 14.7. The van der Waals surface area contributed by atoms with E-state index in [1.54, 1.807) is 18.2 Å². The number of hydrogen-bond donors (Lipinski definition) is 1. The van der Waals surface area contributed by atoms with E-state index in [0.717, 1.165) is 22.5 Å². The van der Waals surface area contributed by atoms with Crippen molar-refractivity contribution in [3.8, 4) is 16.9 Å². The Hall–Kier alpha value is -3.17. The summed E-state index contributed by atoms with van der Waals surface area (Å²) in [4.78, 5) is 17.1. The molecule has 0 atom stereocenters. The number of halogens is 4. The Morgan fingerprint density at radius 1 is 1.16 bits per heavy atom. The highest BCUT2D eigenvalue weighted by molar-refractivity contribution is 7.09. The summed E-state index contributed by atoms with van der Waals surface area (Å²) in [7, 11) is 0. The molecule has 0 fully saturated rings. The van der Waals surface area contributed by atoms with Gasteiger partial charge in [0.2, 0.25) is 0 Å². The Balaban J connectivity index is 1.68. The highest BCUT2D eigenvalue weighted by atomic mass is 35.5. The third-order valence-electron chi connectivity index (χ3n) is 4.37. The van der Waals surface area contributed by atoms with Gasteiger partial charge in [-0.25, -0.2) is 9.67 Å². The minimum absolute atomic E-state index is 0.0970. The van der Waals surface area contributed by atoms with E-state index in [-0.39, 0.29) is 10.7 Å². The number of alkyl halides is 3. The predicted molar refractivity (Wildman–Crippen MR) is 114 cm³/mol. The first kappa shape index (κ1) is 21.1. The summed E-state index contributed by atoms with van der Waals surface area (Å²) < 4.78 is 42.2. The van der Waals surface area contributed by atoms with Crippen molar-refractivity contribution in [2.75, 3.05) is 5.32 Å². The molecular weight excluding hydrogens is 449 g/mol. The number of carbonyl (C=O) groups is 1. The fourth-order valence-electron chi connectivity index (χ4n) is 3.04. The SMILES string of the molecule is Cc1nc(-c2cccc(NC(=O)c3cnn(-c4cccc(Cl)c4)c3C(F)(F)F)c2)cs1. The van der Waals surface area contributed by atoms with E-state index in [1.165, 1.54) is 35.6 Å². The van der Waals surface area contributed by atoms with Gasteiger partial charge in [-0.2, -0.15) is 18.3 Å². The molecule has 1 amide bonds. The minimum Gasteiger partial charge on any atom is -0.322 e. The number of aryl methyl sites for hydroxylation is 1. The fraction of sp³-hybridized carbons (Fsp3) is 0.0952. The molecule has 1 N–H and O–H groups in total. The van der Waals surface area contributed by atoms with Gasteiger partial charge in [0.1, 0.15) is 0 Å². The molecule has 2 aromatic heterocycles. The first-order valence-corrected chi connectivity index (χ1v) is 10.2. The van der Waals surface area contributed by atoms with Crippen LogP contribution < -0.4 is 5.32 Å². The van der Waals surface area contributed by atoms with E-state index in [2.05, 4.69) is 15.4 Å². The summed E-state index contributed by atoms with van der Waals surface area (Å²) in [6.07, 6.45) is -3.92. The Bertz CT molecular complexity index is 1270. The maximum Gasteiger partial charge on any atom is 0.434 e. The molecule has 0 aliphatic rings. The number of nitrogens with one attached hydrogen (secondary N) is 1. The Morgan fingerprint density at radius 2 is 1.94 bits per heavy atom. The van der Waals surface area contributed by atoms with Crippen molar-refractivity contribution in [3.05, 3.63) is 81.4 Å². The zero-order chi connectivity index (χ0) is 22.2. The lowest BCUT2D eigenvalue weighted by Crippen LogP contribution is -2.20. The van der Waals surface area contributed by atoms with Crippen LogP contribution in [-0.2, 0) is 6.18 Å². The minimum atomic E-state index is -4.81. The maximum atomic E-state index is 13.8. The van der Waals surface area contributed by atoms with Crippen molar-refractivity contribution in [3.63, 3.8) is 0 Å². The van der Waals surface area contributed by atoms with Gasteiger partial charge < -0.3 is 5.32 Å². The molecule has 2 heterocycles. The molecule has 5 nitrogen and oxygen atoms in total. The Labute approximate surface area is 184 Å². The second-order valence-corrected chi connectivity index (χ2v) is 8.08. The summed E-state index contributed by atoms with van der Waals surface area (Å²) in [6.45, 7) is 1.87. The fourth-order valence-corrected chi connectivity index (χ4v) is 3.85. The van der Waals surface area contributed by atoms with Gasteiger partial charge >= 0.3 is 6.18 Å². The van der Waals surface area contributed by atoms with E-state index in [1.807, 2.05) is 18.4 Å². The molecule has 0 bridgehead atoms. The van der Waals surface area contributed by atoms with Crippen LogP contribution in [0, 0.1) is 6.92 Å². The molecule has 0 aliphatic carbocycles. The highest BCUT2D eigenvalue weighted by Gasteiger charge is 2.40. The number of hydrogen-bond acceptors (Lipinski definition) is 4. The van der Waals surface area contributed by atoms with Crippen molar-refractivity contribution in [2.24, 2.45) is 0 Å².